The Labute approximate surface area is 155 Å². The van der Waals surface area contributed by atoms with Crippen LogP contribution in [0.4, 0.5) is 0 Å². The summed E-state index contributed by atoms with van der Waals surface area (Å²) in [5.41, 5.74) is 1.02. The summed E-state index contributed by atoms with van der Waals surface area (Å²) in [5, 5.41) is 10.6. The number of hydrogen-bond donors (Lipinski definition) is 2. The molecule has 2 N–H and O–H groups in total. The van der Waals surface area contributed by atoms with Crippen LogP contribution in [-0.2, 0) is 6.54 Å². The molecule has 7 nitrogen and oxygen atoms in total. The van der Waals surface area contributed by atoms with Crippen LogP contribution in [0.1, 0.15) is 49.4 Å². The van der Waals surface area contributed by atoms with Gasteiger partial charge in [0, 0.05) is 18.2 Å². The molecule has 0 radical (unpaired) electrons. The second kappa shape index (κ2) is 6.68. The number of aromatic amines is 1. The Kier molecular flexibility index (Phi) is 4.36. The van der Waals surface area contributed by atoms with E-state index in [1.807, 2.05) is 6.92 Å². The number of nitrogens with one attached hydrogen (secondary N) is 2. The summed E-state index contributed by atoms with van der Waals surface area (Å²) < 4.78 is 3.75. The summed E-state index contributed by atoms with van der Waals surface area (Å²) in [4.78, 5) is 25.5. The van der Waals surface area contributed by atoms with Gasteiger partial charge in [-0.15, -0.1) is 5.10 Å². The van der Waals surface area contributed by atoms with Crippen molar-refractivity contribution in [1.82, 2.24) is 24.5 Å². The molecule has 0 aliphatic heterocycles. The number of hydrogen-bond acceptors (Lipinski definition) is 4. The predicted molar refractivity (Wildman–Crippen MR) is 102 cm³/mol. The van der Waals surface area contributed by atoms with Gasteiger partial charge in [-0.05, 0) is 49.7 Å². The van der Waals surface area contributed by atoms with Crippen molar-refractivity contribution < 1.29 is 4.79 Å². The number of carbonyl (C=O) groups excluding carboxylic acids is 1. The summed E-state index contributed by atoms with van der Waals surface area (Å²) in [6.45, 7) is 2.56. The van der Waals surface area contributed by atoms with E-state index in [0.29, 0.717) is 33.6 Å². The van der Waals surface area contributed by atoms with Gasteiger partial charge < -0.3 is 5.32 Å². The average molecular weight is 371 g/mol. The van der Waals surface area contributed by atoms with E-state index in [-0.39, 0.29) is 17.5 Å². The fourth-order valence-corrected chi connectivity index (χ4v) is 3.95. The Bertz CT molecular complexity index is 1100. The van der Waals surface area contributed by atoms with Crippen molar-refractivity contribution in [3.8, 4) is 0 Å². The highest BCUT2D eigenvalue weighted by atomic mass is 32.1. The fourth-order valence-electron chi connectivity index (χ4n) is 3.73. The number of nitrogens with zero attached hydrogens (tertiary/aromatic N) is 3. The van der Waals surface area contributed by atoms with Crippen molar-refractivity contribution in [2.24, 2.45) is 0 Å². The van der Waals surface area contributed by atoms with E-state index in [1.54, 1.807) is 27.2 Å². The molecule has 4 rings (SSSR count). The van der Waals surface area contributed by atoms with Gasteiger partial charge >= 0.3 is 0 Å². The van der Waals surface area contributed by atoms with E-state index in [2.05, 4.69) is 15.5 Å². The minimum Gasteiger partial charge on any atom is -0.349 e. The van der Waals surface area contributed by atoms with Gasteiger partial charge in [0.05, 0.1) is 10.9 Å². The van der Waals surface area contributed by atoms with Gasteiger partial charge in [-0.25, -0.2) is 5.10 Å². The van der Waals surface area contributed by atoms with Gasteiger partial charge in [0.15, 0.2) is 0 Å². The number of aryl methyl sites for hydroxylation is 1. The molecule has 0 spiro atoms. The Hall–Kier alpha value is -2.48. The van der Waals surface area contributed by atoms with Crippen LogP contribution in [0.5, 0.6) is 0 Å². The number of carbonyl (C=O) groups is 1. The molecular weight excluding hydrogens is 350 g/mol. The van der Waals surface area contributed by atoms with Crippen LogP contribution in [0.3, 0.4) is 0 Å². The van der Waals surface area contributed by atoms with E-state index in [9.17, 15) is 9.59 Å². The highest BCUT2D eigenvalue weighted by Crippen LogP contribution is 2.19. The Balaban J connectivity index is 1.87. The zero-order valence-electron chi connectivity index (χ0n) is 14.6. The van der Waals surface area contributed by atoms with Crippen molar-refractivity contribution in [2.75, 3.05) is 0 Å². The quantitative estimate of drug-likeness (QED) is 0.691. The average Bonchev–Trinajstić information content (AvgIpc) is 3.28. The van der Waals surface area contributed by atoms with Crippen molar-refractivity contribution in [1.29, 1.82) is 0 Å². The molecule has 1 aliphatic rings. The molecule has 2 heterocycles. The number of aromatic nitrogens is 4. The standard InChI is InChI=1S/C18H21N5O2S/c1-2-9-22-16(25)13-8-7-11(15(24)19-12-5-3-4-6-12)10-14(13)23-17(22)20-21-18(23)26/h7-8,10,12H,2-6,9H2,1H3,(H,19,24)(H,21,26). The lowest BCUT2D eigenvalue weighted by Crippen LogP contribution is -2.32. The molecule has 1 amide bonds. The summed E-state index contributed by atoms with van der Waals surface area (Å²) >= 11 is 5.36. The highest BCUT2D eigenvalue weighted by Gasteiger charge is 2.19. The zero-order valence-corrected chi connectivity index (χ0v) is 15.4. The van der Waals surface area contributed by atoms with Crippen LogP contribution < -0.4 is 10.9 Å². The molecule has 3 aromatic rings. The molecule has 2 aromatic heterocycles. The number of rotatable bonds is 4. The Morgan fingerprint density at radius 2 is 2.15 bits per heavy atom. The molecular formula is C18H21N5O2S. The van der Waals surface area contributed by atoms with E-state index in [1.165, 1.54) is 0 Å². The van der Waals surface area contributed by atoms with Gasteiger partial charge in [0.2, 0.25) is 10.5 Å². The number of fused-ring (bicyclic) bond motifs is 3. The predicted octanol–water partition coefficient (Wildman–Crippen LogP) is 2.79. The number of H-pyrrole nitrogens is 1. The van der Waals surface area contributed by atoms with Crippen LogP contribution in [-0.4, -0.2) is 31.1 Å². The van der Waals surface area contributed by atoms with Crippen LogP contribution >= 0.6 is 12.2 Å². The third kappa shape index (κ3) is 2.74. The maximum Gasteiger partial charge on any atom is 0.262 e. The molecule has 0 atom stereocenters. The molecule has 136 valence electrons. The lowest BCUT2D eigenvalue weighted by atomic mass is 10.1. The van der Waals surface area contributed by atoms with E-state index in [0.717, 1.165) is 32.1 Å². The minimum atomic E-state index is -0.119. The lowest BCUT2D eigenvalue weighted by Gasteiger charge is -2.13. The molecule has 26 heavy (non-hydrogen) atoms. The Morgan fingerprint density at radius 3 is 2.88 bits per heavy atom. The molecule has 1 aromatic carbocycles. The molecule has 1 saturated carbocycles. The van der Waals surface area contributed by atoms with E-state index < -0.39 is 0 Å². The molecule has 1 aliphatic carbocycles. The third-order valence-corrected chi connectivity index (χ3v) is 5.28. The highest BCUT2D eigenvalue weighted by molar-refractivity contribution is 7.71. The van der Waals surface area contributed by atoms with Gasteiger partial charge in [-0.1, -0.05) is 19.8 Å². The van der Waals surface area contributed by atoms with Crippen molar-refractivity contribution in [2.45, 2.75) is 51.6 Å². The number of amides is 1. The first kappa shape index (κ1) is 17.0. The van der Waals surface area contributed by atoms with Crippen molar-refractivity contribution in [3.05, 3.63) is 38.9 Å². The minimum absolute atomic E-state index is 0.111. The normalized spacial score (nSPS) is 15.1. The van der Waals surface area contributed by atoms with E-state index >= 15 is 0 Å². The van der Waals surface area contributed by atoms with E-state index in [4.69, 9.17) is 12.2 Å². The largest absolute Gasteiger partial charge is 0.349 e. The first-order valence-corrected chi connectivity index (χ1v) is 9.45. The molecule has 8 heteroatoms. The van der Waals surface area contributed by atoms with Crippen LogP contribution in [0, 0.1) is 4.77 Å². The third-order valence-electron chi connectivity index (χ3n) is 5.01. The summed E-state index contributed by atoms with van der Waals surface area (Å²) in [7, 11) is 0. The van der Waals surface area contributed by atoms with Crippen LogP contribution in [0.2, 0.25) is 0 Å². The number of benzene rings is 1. The van der Waals surface area contributed by atoms with Crippen LogP contribution in [0.15, 0.2) is 23.0 Å². The second-order valence-electron chi connectivity index (χ2n) is 6.81. The summed E-state index contributed by atoms with van der Waals surface area (Å²) in [6.07, 6.45) is 5.17. The van der Waals surface area contributed by atoms with Gasteiger partial charge in [0.1, 0.15) is 0 Å². The summed E-state index contributed by atoms with van der Waals surface area (Å²) in [6, 6.07) is 5.39. The SMILES string of the molecule is CCCn1c(=O)c2ccc(C(=O)NC3CCCC3)cc2n2c(=S)[nH]nc12. The van der Waals surface area contributed by atoms with Crippen molar-refractivity contribution in [3.63, 3.8) is 0 Å². The monoisotopic (exact) mass is 371 g/mol. The van der Waals surface area contributed by atoms with Gasteiger partial charge in [0.25, 0.3) is 11.5 Å². The fraction of sp³-hybridized carbons (Fsp3) is 0.444. The summed E-state index contributed by atoms with van der Waals surface area (Å²) in [5.74, 6) is 0.363. The molecule has 1 fully saturated rings. The lowest BCUT2D eigenvalue weighted by molar-refractivity contribution is 0.0938. The second-order valence-corrected chi connectivity index (χ2v) is 7.19. The van der Waals surface area contributed by atoms with Gasteiger partial charge in [-0.3, -0.25) is 18.6 Å². The molecule has 0 unspecified atom stereocenters. The van der Waals surface area contributed by atoms with Crippen molar-refractivity contribution >= 4 is 34.8 Å². The Morgan fingerprint density at radius 1 is 1.38 bits per heavy atom. The first-order valence-electron chi connectivity index (χ1n) is 9.04. The topological polar surface area (TPSA) is 84.2 Å². The zero-order chi connectivity index (χ0) is 18.3. The smallest absolute Gasteiger partial charge is 0.262 e. The molecule has 0 saturated heterocycles. The van der Waals surface area contributed by atoms with Crippen LogP contribution in [0.25, 0.3) is 16.7 Å². The molecule has 0 bridgehead atoms. The van der Waals surface area contributed by atoms with Gasteiger partial charge in [-0.2, -0.15) is 0 Å². The first-order chi connectivity index (χ1) is 12.6. The maximum absolute atomic E-state index is 12.9. The maximum atomic E-state index is 12.9.